The second kappa shape index (κ2) is 11.2. The maximum Gasteiger partial charge on any atom is 0.343 e. The highest BCUT2D eigenvalue weighted by Gasteiger charge is 2.45. The number of thioether (sulfide) groups is 1. The van der Waals surface area contributed by atoms with Gasteiger partial charge in [0.2, 0.25) is 5.91 Å². The van der Waals surface area contributed by atoms with E-state index in [1.165, 1.54) is 11.8 Å². The van der Waals surface area contributed by atoms with E-state index in [4.69, 9.17) is 4.74 Å². The molecule has 1 aromatic rings. The van der Waals surface area contributed by atoms with E-state index < -0.39 is 22.3 Å². The maximum absolute atomic E-state index is 13.1. The first-order valence-electron chi connectivity index (χ1n) is 11.4. The van der Waals surface area contributed by atoms with Gasteiger partial charge in [-0.2, -0.15) is 0 Å². The Morgan fingerprint density at radius 2 is 1.59 bits per heavy atom. The van der Waals surface area contributed by atoms with Crippen molar-refractivity contribution in [2.75, 3.05) is 6.54 Å². The topological polar surface area (TPSA) is 110 Å². The Kier molecular flexibility index (Phi) is 9.05. The van der Waals surface area contributed by atoms with Gasteiger partial charge in [-0.15, -0.1) is 0 Å². The van der Waals surface area contributed by atoms with Crippen LogP contribution in [0.3, 0.4) is 0 Å². The second-order valence-electron chi connectivity index (χ2n) is 9.83. The number of imide groups is 1. The number of hydrogen-bond donors (Lipinski definition) is 1. The molecule has 0 saturated heterocycles. The number of nitrogens with one attached hydrogen (secondary N) is 1. The number of nitrogens with zero attached hydrogens (tertiary/aromatic N) is 1. The highest BCUT2D eigenvalue weighted by molar-refractivity contribution is 8.15. The average molecular weight is 491 g/mol. The minimum Gasteiger partial charge on any atom is -0.458 e. The minimum atomic E-state index is -1.52. The number of hydrogen-bond acceptors (Lipinski definition) is 7. The van der Waals surface area contributed by atoms with Gasteiger partial charge >= 0.3 is 5.97 Å². The maximum atomic E-state index is 13.1. The molecule has 0 unspecified atom stereocenters. The van der Waals surface area contributed by atoms with Crippen LogP contribution < -0.4 is 5.32 Å². The van der Waals surface area contributed by atoms with Crippen LogP contribution in [0.25, 0.3) is 0 Å². The SMILES string of the molecule is CC(=O)S[C@@](CC(C)C)(NC(=O)CCCCN1C(=O)c2ccccc2C1=O)C(=O)OC(C)(C)C. The van der Waals surface area contributed by atoms with Gasteiger partial charge in [-0.1, -0.05) is 26.0 Å². The van der Waals surface area contributed by atoms with Crippen LogP contribution in [0.1, 0.15) is 87.9 Å². The Morgan fingerprint density at radius 1 is 1.03 bits per heavy atom. The third-order valence-corrected chi connectivity index (χ3v) is 6.07. The fourth-order valence-corrected chi connectivity index (χ4v) is 4.96. The third kappa shape index (κ3) is 7.16. The molecule has 1 aromatic carbocycles. The van der Waals surface area contributed by atoms with Gasteiger partial charge in [0.15, 0.2) is 9.99 Å². The lowest BCUT2D eigenvalue weighted by Crippen LogP contribution is -2.55. The zero-order chi connectivity index (χ0) is 25.7. The summed E-state index contributed by atoms with van der Waals surface area (Å²) in [5.74, 6) is -1.71. The van der Waals surface area contributed by atoms with Crippen LogP contribution in [-0.4, -0.2) is 50.7 Å². The molecule has 8 nitrogen and oxygen atoms in total. The van der Waals surface area contributed by atoms with Crippen molar-refractivity contribution >= 4 is 40.6 Å². The van der Waals surface area contributed by atoms with E-state index in [1.54, 1.807) is 45.0 Å². The quantitative estimate of drug-likeness (QED) is 0.229. The van der Waals surface area contributed by atoms with E-state index in [0.717, 1.165) is 11.8 Å². The monoisotopic (exact) mass is 490 g/mol. The molecule has 1 heterocycles. The highest BCUT2D eigenvalue weighted by Crippen LogP contribution is 2.33. The molecule has 0 aromatic heterocycles. The number of fused-ring (bicyclic) bond motifs is 1. The lowest BCUT2D eigenvalue weighted by atomic mass is 10.0. The van der Waals surface area contributed by atoms with Crippen molar-refractivity contribution in [2.24, 2.45) is 5.92 Å². The molecule has 1 aliphatic rings. The molecule has 3 amide bonds. The summed E-state index contributed by atoms with van der Waals surface area (Å²) in [6.07, 6.45) is 1.13. The predicted octanol–water partition coefficient (Wildman–Crippen LogP) is 3.93. The number of esters is 1. The summed E-state index contributed by atoms with van der Waals surface area (Å²) in [6, 6.07) is 6.68. The number of amides is 3. The molecule has 0 bridgehead atoms. The first kappa shape index (κ1) is 27.6. The van der Waals surface area contributed by atoms with E-state index >= 15 is 0 Å². The molecular weight excluding hydrogens is 456 g/mol. The Morgan fingerprint density at radius 3 is 2.06 bits per heavy atom. The van der Waals surface area contributed by atoms with Gasteiger partial charge in [0.1, 0.15) is 5.60 Å². The molecule has 0 fully saturated rings. The summed E-state index contributed by atoms with van der Waals surface area (Å²) in [5.41, 5.74) is -0.00186. The van der Waals surface area contributed by atoms with Gasteiger partial charge in [-0.25, -0.2) is 4.79 Å². The van der Waals surface area contributed by atoms with E-state index in [-0.39, 0.29) is 42.2 Å². The zero-order valence-electron chi connectivity index (χ0n) is 20.7. The van der Waals surface area contributed by atoms with Crippen molar-refractivity contribution in [3.63, 3.8) is 0 Å². The minimum absolute atomic E-state index is 0.00786. The number of benzene rings is 1. The molecule has 1 aliphatic heterocycles. The second-order valence-corrected chi connectivity index (χ2v) is 11.3. The summed E-state index contributed by atoms with van der Waals surface area (Å²) in [7, 11) is 0. The van der Waals surface area contributed by atoms with Gasteiger partial charge < -0.3 is 10.1 Å². The Labute approximate surface area is 205 Å². The molecule has 0 saturated carbocycles. The Balaban J connectivity index is 2.01. The summed E-state index contributed by atoms with van der Waals surface area (Å²) < 4.78 is 5.55. The molecule has 34 heavy (non-hydrogen) atoms. The molecule has 186 valence electrons. The van der Waals surface area contributed by atoms with Crippen molar-refractivity contribution < 1.29 is 28.7 Å². The van der Waals surface area contributed by atoms with Crippen molar-refractivity contribution in [2.45, 2.75) is 77.7 Å². The molecule has 0 spiro atoms. The number of unbranched alkanes of at least 4 members (excludes halogenated alkanes) is 1. The molecule has 1 atom stereocenters. The van der Waals surface area contributed by atoms with E-state index in [0.29, 0.717) is 24.0 Å². The summed E-state index contributed by atoms with van der Waals surface area (Å²) in [6.45, 7) is 10.5. The molecule has 9 heteroatoms. The van der Waals surface area contributed by atoms with Crippen LogP contribution >= 0.6 is 11.8 Å². The fraction of sp³-hybridized carbons (Fsp3) is 0.560. The molecular formula is C25H34N2O6S. The van der Waals surface area contributed by atoms with Crippen molar-refractivity contribution in [1.29, 1.82) is 0 Å². The summed E-state index contributed by atoms with van der Waals surface area (Å²) in [5, 5.41) is 2.45. The van der Waals surface area contributed by atoms with Crippen LogP contribution in [0.15, 0.2) is 24.3 Å². The van der Waals surface area contributed by atoms with Crippen LogP contribution in [0.5, 0.6) is 0 Å². The number of carbonyl (C=O) groups is 5. The summed E-state index contributed by atoms with van der Waals surface area (Å²) in [4.78, 5) is 62.5. The van der Waals surface area contributed by atoms with E-state index in [1.807, 2.05) is 13.8 Å². The predicted molar refractivity (Wildman–Crippen MR) is 130 cm³/mol. The van der Waals surface area contributed by atoms with E-state index in [2.05, 4.69) is 5.32 Å². The number of ether oxygens (including phenoxy) is 1. The third-order valence-electron chi connectivity index (χ3n) is 5.00. The van der Waals surface area contributed by atoms with Crippen molar-refractivity contribution in [3.8, 4) is 0 Å². The standard InChI is InChI=1S/C25H34N2O6S/c1-16(2)15-25(34-17(3)28,23(32)33-24(4,5)6)26-20(29)13-9-10-14-27-21(30)18-11-7-8-12-19(18)22(27)31/h7-8,11-12,16H,9-10,13-15H2,1-6H3,(H,26,29)/t25-/m1/s1. The zero-order valence-corrected chi connectivity index (χ0v) is 21.5. The van der Waals surface area contributed by atoms with Crippen LogP contribution in [0.2, 0.25) is 0 Å². The van der Waals surface area contributed by atoms with Gasteiger partial charge in [-0.3, -0.25) is 24.1 Å². The average Bonchev–Trinajstić information content (AvgIpc) is 2.93. The van der Waals surface area contributed by atoms with Gasteiger partial charge in [0, 0.05) is 19.9 Å². The first-order valence-corrected chi connectivity index (χ1v) is 12.3. The van der Waals surface area contributed by atoms with Crippen molar-refractivity contribution in [1.82, 2.24) is 10.2 Å². The van der Waals surface area contributed by atoms with Gasteiger partial charge in [-0.05, 0) is 69.8 Å². The molecule has 1 N–H and O–H groups in total. The van der Waals surface area contributed by atoms with Gasteiger partial charge in [0.25, 0.3) is 11.8 Å². The summed E-state index contributed by atoms with van der Waals surface area (Å²) >= 11 is 0.763. The lowest BCUT2D eigenvalue weighted by Gasteiger charge is -2.35. The largest absolute Gasteiger partial charge is 0.458 e. The first-order chi connectivity index (χ1) is 15.8. The van der Waals surface area contributed by atoms with Crippen LogP contribution in [0, 0.1) is 5.92 Å². The Hall–Kier alpha value is -2.68. The molecule has 2 rings (SSSR count). The van der Waals surface area contributed by atoms with Crippen LogP contribution in [0.4, 0.5) is 0 Å². The fourth-order valence-electron chi connectivity index (χ4n) is 3.76. The normalized spacial score (nSPS) is 15.2. The molecule has 0 radical (unpaired) electrons. The smallest absolute Gasteiger partial charge is 0.343 e. The molecule has 0 aliphatic carbocycles. The highest BCUT2D eigenvalue weighted by atomic mass is 32.2. The van der Waals surface area contributed by atoms with E-state index in [9.17, 15) is 24.0 Å². The van der Waals surface area contributed by atoms with Crippen LogP contribution in [-0.2, 0) is 19.1 Å². The van der Waals surface area contributed by atoms with Gasteiger partial charge in [0.05, 0.1) is 11.1 Å². The number of rotatable bonds is 10. The number of carbonyl (C=O) groups excluding carboxylic acids is 5. The lowest BCUT2D eigenvalue weighted by molar-refractivity contribution is -0.161. The Bertz CT molecular complexity index is 933. The van der Waals surface area contributed by atoms with Crippen molar-refractivity contribution in [3.05, 3.63) is 35.4 Å².